The smallest absolute Gasteiger partial charge is 0.0594 e. The second-order valence-electron chi connectivity index (χ2n) is 9.11. The number of rotatable bonds is 24. The molecule has 0 aliphatic heterocycles. The highest BCUT2D eigenvalue weighted by Crippen LogP contribution is 2.14. The fraction of sp³-hybridized carbons (Fsp3) is 1.00. The molecule has 0 aromatic rings. The van der Waals surface area contributed by atoms with E-state index in [9.17, 15) is 0 Å². The van der Waals surface area contributed by atoms with E-state index < -0.39 is 0 Å². The highest BCUT2D eigenvalue weighted by atomic mass is 15.3. The van der Waals surface area contributed by atoms with Gasteiger partial charge in [-0.05, 0) is 32.5 Å². The van der Waals surface area contributed by atoms with Gasteiger partial charge < -0.3 is 5.32 Å². The average molecular weight is 411 g/mol. The minimum Gasteiger partial charge on any atom is -0.302 e. The van der Waals surface area contributed by atoms with E-state index in [1.807, 2.05) is 0 Å². The van der Waals surface area contributed by atoms with Crippen LogP contribution in [0.2, 0.25) is 0 Å². The van der Waals surface area contributed by atoms with Crippen LogP contribution in [0.5, 0.6) is 0 Å². The Kier molecular flexibility index (Phi) is 24.1. The van der Waals surface area contributed by atoms with Crippen LogP contribution < -0.4 is 5.32 Å². The van der Waals surface area contributed by atoms with E-state index in [1.165, 1.54) is 129 Å². The maximum absolute atomic E-state index is 3.75. The van der Waals surface area contributed by atoms with Crippen LogP contribution in [0, 0.1) is 0 Å². The van der Waals surface area contributed by atoms with Crippen molar-refractivity contribution in [1.29, 1.82) is 0 Å². The largest absolute Gasteiger partial charge is 0.302 e. The number of hydrogen-bond donors (Lipinski definition) is 1. The fourth-order valence-electron chi connectivity index (χ4n) is 4.49. The van der Waals surface area contributed by atoms with Crippen LogP contribution in [-0.4, -0.2) is 30.7 Å². The number of unbranched alkanes of at least 4 members (excludes halogenated alkanes) is 17. The molecule has 0 heterocycles. The van der Waals surface area contributed by atoms with Crippen molar-refractivity contribution < 1.29 is 0 Å². The summed E-state index contributed by atoms with van der Waals surface area (Å²) in [6.45, 7) is 12.6. The molecular formula is C27H58N2. The molecule has 0 amide bonds. The van der Waals surface area contributed by atoms with E-state index in [2.05, 4.69) is 37.9 Å². The highest BCUT2D eigenvalue weighted by Gasteiger charge is 2.11. The molecule has 0 aromatic carbocycles. The van der Waals surface area contributed by atoms with Gasteiger partial charge in [0, 0.05) is 0 Å². The zero-order valence-electron chi connectivity index (χ0n) is 21.1. The summed E-state index contributed by atoms with van der Waals surface area (Å²) >= 11 is 0. The molecular weight excluding hydrogens is 352 g/mol. The van der Waals surface area contributed by atoms with Gasteiger partial charge in [0.15, 0.2) is 0 Å². The van der Waals surface area contributed by atoms with E-state index in [4.69, 9.17) is 0 Å². The van der Waals surface area contributed by atoms with E-state index in [-0.39, 0.29) is 0 Å². The van der Waals surface area contributed by atoms with Crippen molar-refractivity contribution in [3.8, 4) is 0 Å². The van der Waals surface area contributed by atoms with Crippen LogP contribution in [0.3, 0.4) is 0 Å². The lowest BCUT2D eigenvalue weighted by Crippen LogP contribution is -2.45. The van der Waals surface area contributed by atoms with Gasteiger partial charge in [-0.1, -0.05) is 137 Å². The van der Waals surface area contributed by atoms with Crippen molar-refractivity contribution in [3.63, 3.8) is 0 Å². The van der Waals surface area contributed by atoms with Crippen LogP contribution in [0.4, 0.5) is 0 Å². The summed E-state index contributed by atoms with van der Waals surface area (Å²) < 4.78 is 0. The second kappa shape index (κ2) is 24.2. The standard InChI is InChI=1S/C27H58N2/c1-5-9-10-11-12-13-14-15-16-17-18-19-20-21-22-23-24-25-26-28-27(6-2)29(7-3)8-4/h27-28H,5-26H2,1-4H3. The van der Waals surface area contributed by atoms with Crippen LogP contribution in [-0.2, 0) is 0 Å². The molecule has 0 aliphatic carbocycles. The van der Waals surface area contributed by atoms with Gasteiger partial charge in [-0.2, -0.15) is 0 Å². The molecule has 2 heteroatoms. The predicted molar refractivity (Wildman–Crippen MR) is 134 cm³/mol. The van der Waals surface area contributed by atoms with Crippen molar-refractivity contribution in [1.82, 2.24) is 10.2 Å². The van der Waals surface area contributed by atoms with E-state index in [0.717, 1.165) is 13.1 Å². The molecule has 0 saturated heterocycles. The lowest BCUT2D eigenvalue weighted by Gasteiger charge is -2.29. The van der Waals surface area contributed by atoms with E-state index in [0.29, 0.717) is 6.17 Å². The molecule has 1 atom stereocenters. The topological polar surface area (TPSA) is 15.3 Å². The van der Waals surface area contributed by atoms with Crippen molar-refractivity contribution in [2.45, 2.75) is 156 Å². The Morgan fingerprint density at radius 2 is 0.828 bits per heavy atom. The average Bonchev–Trinajstić information content (AvgIpc) is 2.74. The first kappa shape index (κ1) is 28.9. The number of nitrogens with one attached hydrogen (secondary N) is 1. The highest BCUT2D eigenvalue weighted by molar-refractivity contribution is 4.66. The molecule has 0 saturated carbocycles. The van der Waals surface area contributed by atoms with Gasteiger partial charge in [-0.15, -0.1) is 0 Å². The van der Waals surface area contributed by atoms with Crippen LogP contribution in [0.15, 0.2) is 0 Å². The number of nitrogens with zero attached hydrogens (tertiary/aromatic N) is 1. The van der Waals surface area contributed by atoms with Gasteiger partial charge in [-0.25, -0.2) is 0 Å². The van der Waals surface area contributed by atoms with Crippen molar-refractivity contribution in [2.24, 2.45) is 0 Å². The van der Waals surface area contributed by atoms with Gasteiger partial charge in [0.05, 0.1) is 6.17 Å². The summed E-state index contributed by atoms with van der Waals surface area (Å²) in [6, 6.07) is 0. The SMILES string of the molecule is CCCCCCCCCCCCCCCCCCCCNC(CC)N(CC)CC. The van der Waals surface area contributed by atoms with Crippen molar-refractivity contribution in [3.05, 3.63) is 0 Å². The van der Waals surface area contributed by atoms with Gasteiger partial charge in [0.1, 0.15) is 0 Å². The molecule has 1 N–H and O–H groups in total. The van der Waals surface area contributed by atoms with E-state index >= 15 is 0 Å². The molecule has 0 rings (SSSR count). The lowest BCUT2D eigenvalue weighted by atomic mass is 10.0. The summed E-state index contributed by atoms with van der Waals surface area (Å²) in [7, 11) is 0. The second-order valence-corrected chi connectivity index (χ2v) is 9.11. The monoisotopic (exact) mass is 410 g/mol. The first-order valence-electron chi connectivity index (χ1n) is 13.8. The third kappa shape index (κ3) is 19.6. The summed E-state index contributed by atoms with van der Waals surface area (Å²) in [6.07, 6.45) is 27.9. The van der Waals surface area contributed by atoms with Crippen molar-refractivity contribution >= 4 is 0 Å². The van der Waals surface area contributed by atoms with Crippen molar-refractivity contribution in [2.75, 3.05) is 19.6 Å². The molecule has 0 spiro atoms. The normalized spacial score (nSPS) is 12.7. The molecule has 29 heavy (non-hydrogen) atoms. The zero-order valence-corrected chi connectivity index (χ0v) is 21.1. The van der Waals surface area contributed by atoms with Gasteiger partial charge in [0.25, 0.3) is 0 Å². The quantitative estimate of drug-likeness (QED) is 0.126. The Bertz CT molecular complexity index is 288. The summed E-state index contributed by atoms with van der Waals surface area (Å²) in [5.41, 5.74) is 0. The summed E-state index contributed by atoms with van der Waals surface area (Å²) in [5, 5.41) is 3.75. The molecule has 0 aliphatic rings. The third-order valence-electron chi connectivity index (χ3n) is 6.55. The molecule has 0 fully saturated rings. The molecule has 176 valence electrons. The zero-order chi connectivity index (χ0) is 21.4. The lowest BCUT2D eigenvalue weighted by molar-refractivity contribution is 0.176. The maximum atomic E-state index is 3.75. The minimum absolute atomic E-state index is 0.579. The fourth-order valence-corrected chi connectivity index (χ4v) is 4.49. The van der Waals surface area contributed by atoms with Gasteiger partial charge in [0.2, 0.25) is 0 Å². The third-order valence-corrected chi connectivity index (χ3v) is 6.55. The maximum Gasteiger partial charge on any atom is 0.0594 e. The number of hydrogen-bond acceptors (Lipinski definition) is 2. The molecule has 0 radical (unpaired) electrons. The Balaban J connectivity index is 3.20. The van der Waals surface area contributed by atoms with Crippen LogP contribution in [0.25, 0.3) is 0 Å². The van der Waals surface area contributed by atoms with Crippen LogP contribution >= 0.6 is 0 Å². The Morgan fingerprint density at radius 3 is 1.14 bits per heavy atom. The van der Waals surface area contributed by atoms with E-state index in [1.54, 1.807) is 0 Å². The first-order chi connectivity index (χ1) is 14.3. The Labute approximate surface area is 186 Å². The van der Waals surface area contributed by atoms with Gasteiger partial charge in [-0.3, -0.25) is 4.90 Å². The first-order valence-corrected chi connectivity index (χ1v) is 13.8. The Morgan fingerprint density at radius 1 is 0.483 bits per heavy atom. The molecule has 0 bridgehead atoms. The summed E-state index contributed by atoms with van der Waals surface area (Å²) in [5.74, 6) is 0. The predicted octanol–water partition coefficient (Wildman–Crippen LogP) is 8.70. The molecule has 1 unspecified atom stereocenters. The minimum atomic E-state index is 0.579. The summed E-state index contributed by atoms with van der Waals surface area (Å²) in [4.78, 5) is 2.54. The molecule has 2 nitrogen and oxygen atoms in total. The molecule has 0 aromatic heterocycles. The Hall–Kier alpha value is -0.0800. The van der Waals surface area contributed by atoms with Crippen LogP contribution in [0.1, 0.15) is 150 Å². The van der Waals surface area contributed by atoms with Gasteiger partial charge >= 0.3 is 0 Å².